The van der Waals surface area contributed by atoms with Gasteiger partial charge in [-0.2, -0.15) is 0 Å². The first-order chi connectivity index (χ1) is 9.01. The molecule has 0 aliphatic heterocycles. The van der Waals surface area contributed by atoms with Gasteiger partial charge in [-0.1, -0.05) is 19.6 Å². The van der Waals surface area contributed by atoms with E-state index >= 15 is 0 Å². The molecule has 2 rings (SSSR count). The molecule has 0 spiro atoms. The molecule has 0 unspecified atom stereocenters. The summed E-state index contributed by atoms with van der Waals surface area (Å²) < 4.78 is 7.87. The van der Waals surface area contributed by atoms with Crippen LogP contribution >= 0.6 is 11.6 Å². The molecule has 104 valence electrons. The van der Waals surface area contributed by atoms with Gasteiger partial charge in [-0.3, -0.25) is 0 Å². The van der Waals surface area contributed by atoms with E-state index in [1.54, 1.807) is 6.20 Å². The van der Waals surface area contributed by atoms with Gasteiger partial charge in [0.1, 0.15) is 12.4 Å². The highest BCUT2D eigenvalue weighted by atomic mass is 35.5. The third-order valence-corrected chi connectivity index (χ3v) is 5.07. The van der Waals surface area contributed by atoms with Crippen molar-refractivity contribution in [3.05, 3.63) is 30.1 Å². The third kappa shape index (κ3) is 3.81. The van der Waals surface area contributed by atoms with Crippen molar-refractivity contribution in [1.29, 1.82) is 0 Å². The second-order valence-corrected chi connectivity index (χ2v) is 11.9. The average molecular weight is 297 g/mol. The summed E-state index contributed by atoms with van der Waals surface area (Å²) in [5.74, 6) is 0.480. The molecule has 0 atom stereocenters. The summed E-state index contributed by atoms with van der Waals surface area (Å²) in [5.41, 5.74) is 2.01. The molecule has 0 aliphatic carbocycles. The first-order valence-corrected chi connectivity index (χ1v) is 10.8. The Bertz CT molecular complexity index is 548. The van der Waals surface area contributed by atoms with Crippen LogP contribution in [-0.4, -0.2) is 24.2 Å². The number of nitrogens with zero attached hydrogens (tertiary/aromatic N) is 2. The minimum atomic E-state index is -1.03. The molecule has 0 N–H and O–H groups in total. The second-order valence-electron chi connectivity index (χ2n) is 5.96. The molecule has 5 heteroatoms. The third-order valence-electron chi connectivity index (χ3n) is 3.10. The number of hydrogen-bond acceptors (Lipinski definition) is 2. The molecule has 2 aromatic rings. The van der Waals surface area contributed by atoms with E-state index in [-0.39, 0.29) is 0 Å². The summed E-state index contributed by atoms with van der Waals surface area (Å²) in [6.45, 7) is 8.41. The van der Waals surface area contributed by atoms with Crippen LogP contribution in [0.25, 0.3) is 11.0 Å². The molecule has 0 aromatic carbocycles. The molecule has 0 radical (unpaired) electrons. The predicted octanol–water partition coefficient (Wildman–Crippen LogP) is 4.09. The maximum absolute atomic E-state index is 5.99. The first kappa shape index (κ1) is 14.6. The van der Waals surface area contributed by atoms with Crippen molar-refractivity contribution in [2.45, 2.75) is 38.3 Å². The summed E-state index contributed by atoms with van der Waals surface area (Å²) in [5, 5.41) is 1.12. The van der Waals surface area contributed by atoms with Crippen LogP contribution in [0.1, 0.15) is 5.69 Å². The maximum Gasteiger partial charge on any atom is 0.141 e. The minimum absolute atomic E-state index is 0.480. The second kappa shape index (κ2) is 6.07. The fourth-order valence-electron chi connectivity index (χ4n) is 1.93. The highest BCUT2D eigenvalue weighted by Gasteiger charge is 2.13. The molecule has 0 saturated carbocycles. The van der Waals surface area contributed by atoms with Gasteiger partial charge in [-0.05, 0) is 24.2 Å². The molecule has 19 heavy (non-hydrogen) atoms. The number of hydrogen-bond donors (Lipinski definition) is 0. The highest BCUT2D eigenvalue weighted by Crippen LogP contribution is 2.19. The summed E-state index contributed by atoms with van der Waals surface area (Å²) >= 11 is 5.99. The van der Waals surface area contributed by atoms with Gasteiger partial charge >= 0.3 is 0 Å². The summed E-state index contributed by atoms with van der Waals surface area (Å²) in [4.78, 5) is 4.41. The van der Waals surface area contributed by atoms with Crippen LogP contribution in [0.2, 0.25) is 25.7 Å². The Labute approximate surface area is 120 Å². The van der Waals surface area contributed by atoms with Crippen molar-refractivity contribution < 1.29 is 4.74 Å². The Balaban J connectivity index is 2.07. The van der Waals surface area contributed by atoms with E-state index in [2.05, 4.69) is 41.3 Å². The zero-order chi connectivity index (χ0) is 13.9. The molecular formula is C14H21ClN2OSi. The Morgan fingerprint density at radius 1 is 1.37 bits per heavy atom. The normalized spacial score (nSPS) is 12.2. The van der Waals surface area contributed by atoms with Crippen LogP contribution in [0, 0.1) is 0 Å². The van der Waals surface area contributed by atoms with E-state index in [4.69, 9.17) is 16.3 Å². The maximum atomic E-state index is 5.99. The number of alkyl halides is 1. The quantitative estimate of drug-likeness (QED) is 0.456. The minimum Gasteiger partial charge on any atom is -0.361 e. The Morgan fingerprint density at radius 2 is 2.16 bits per heavy atom. The molecule has 0 saturated heterocycles. The molecule has 2 aromatic heterocycles. The first-order valence-electron chi connectivity index (χ1n) is 6.58. The monoisotopic (exact) mass is 296 g/mol. The zero-order valence-corrected chi connectivity index (χ0v) is 13.6. The van der Waals surface area contributed by atoms with E-state index in [0.717, 1.165) is 23.3 Å². The Hall–Kier alpha value is -0.843. The SMILES string of the molecule is C[Si](C)(C)CCOCn1c(CCl)cc2cccnc21. The van der Waals surface area contributed by atoms with E-state index in [1.807, 2.05) is 6.07 Å². The Morgan fingerprint density at radius 3 is 2.84 bits per heavy atom. The number of aromatic nitrogens is 2. The van der Waals surface area contributed by atoms with E-state index in [1.165, 1.54) is 6.04 Å². The van der Waals surface area contributed by atoms with Crippen LogP contribution in [-0.2, 0) is 17.3 Å². The predicted molar refractivity (Wildman–Crippen MR) is 83.4 cm³/mol. The van der Waals surface area contributed by atoms with Crippen molar-refractivity contribution in [3.63, 3.8) is 0 Å². The highest BCUT2D eigenvalue weighted by molar-refractivity contribution is 6.76. The molecule has 2 heterocycles. The summed E-state index contributed by atoms with van der Waals surface area (Å²) in [7, 11) is -1.03. The average Bonchev–Trinajstić information content (AvgIpc) is 2.71. The lowest BCUT2D eigenvalue weighted by atomic mass is 10.3. The Kier molecular flexibility index (Phi) is 4.65. The smallest absolute Gasteiger partial charge is 0.141 e. The fourth-order valence-corrected chi connectivity index (χ4v) is 2.91. The van der Waals surface area contributed by atoms with E-state index in [9.17, 15) is 0 Å². The molecule has 0 fully saturated rings. The van der Waals surface area contributed by atoms with Crippen molar-refractivity contribution in [3.8, 4) is 0 Å². The molecular weight excluding hydrogens is 276 g/mol. The van der Waals surface area contributed by atoms with Crippen molar-refractivity contribution in [1.82, 2.24) is 9.55 Å². The zero-order valence-electron chi connectivity index (χ0n) is 11.8. The van der Waals surface area contributed by atoms with E-state index in [0.29, 0.717) is 12.6 Å². The molecule has 0 aliphatic rings. The van der Waals surface area contributed by atoms with Crippen molar-refractivity contribution >= 4 is 30.7 Å². The van der Waals surface area contributed by atoms with Crippen LogP contribution in [0.3, 0.4) is 0 Å². The number of halogens is 1. The summed E-state index contributed by atoms with van der Waals surface area (Å²) in [6, 6.07) is 7.25. The molecule has 3 nitrogen and oxygen atoms in total. The molecule has 0 bridgehead atoms. The van der Waals surface area contributed by atoms with Crippen LogP contribution in [0.15, 0.2) is 24.4 Å². The fraction of sp³-hybridized carbons (Fsp3) is 0.500. The van der Waals surface area contributed by atoms with Gasteiger partial charge in [0.2, 0.25) is 0 Å². The topological polar surface area (TPSA) is 27.1 Å². The standard InChI is InChI=1S/C14H21ClN2OSi/c1-19(2,3)8-7-18-11-17-13(10-15)9-12-5-4-6-16-14(12)17/h4-6,9H,7-8,10-11H2,1-3H3. The number of pyridine rings is 1. The van der Waals surface area contributed by atoms with Gasteiger partial charge in [0.05, 0.1) is 5.88 Å². The van der Waals surface area contributed by atoms with Crippen molar-refractivity contribution in [2.24, 2.45) is 0 Å². The van der Waals surface area contributed by atoms with Gasteiger partial charge in [0.25, 0.3) is 0 Å². The number of fused-ring (bicyclic) bond motifs is 1. The number of rotatable bonds is 6. The molecule has 0 amide bonds. The lowest BCUT2D eigenvalue weighted by molar-refractivity contribution is 0.0885. The largest absolute Gasteiger partial charge is 0.361 e. The van der Waals surface area contributed by atoms with Crippen molar-refractivity contribution in [2.75, 3.05) is 6.61 Å². The van der Waals surface area contributed by atoms with E-state index < -0.39 is 8.07 Å². The van der Waals surface area contributed by atoms with Gasteiger partial charge in [0, 0.05) is 32.0 Å². The summed E-state index contributed by atoms with van der Waals surface area (Å²) in [6.07, 6.45) is 1.80. The van der Waals surface area contributed by atoms with Crippen LogP contribution in [0.4, 0.5) is 0 Å². The lowest BCUT2D eigenvalue weighted by Gasteiger charge is -2.16. The van der Waals surface area contributed by atoms with Gasteiger partial charge < -0.3 is 9.30 Å². The number of ether oxygens (including phenoxy) is 1. The lowest BCUT2D eigenvalue weighted by Crippen LogP contribution is -2.22. The van der Waals surface area contributed by atoms with Gasteiger partial charge in [0.15, 0.2) is 0 Å². The van der Waals surface area contributed by atoms with Crippen LogP contribution < -0.4 is 0 Å². The van der Waals surface area contributed by atoms with Gasteiger partial charge in [-0.15, -0.1) is 11.6 Å². The van der Waals surface area contributed by atoms with Crippen LogP contribution in [0.5, 0.6) is 0 Å². The van der Waals surface area contributed by atoms with Gasteiger partial charge in [-0.25, -0.2) is 4.98 Å².